The van der Waals surface area contributed by atoms with Crippen molar-refractivity contribution in [1.29, 1.82) is 0 Å². The minimum absolute atomic E-state index is 0.816. The highest BCUT2D eigenvalue weighted by Crippen LogP contribution is 1.86. The van der Waals surface area contributed by atoms with E-state index in [1.807, 2.05) is 19.6 Å². The second-order valence-corrected chi connectivity index (χ2v) is 2.76. The van der Waals surface area contributed by atoms with Crippen LogP contribution in [0.3, 0.4) is 0 Å². The smallest absolute Gasteiger partial charge is 0.192 e. The lowest BCUT2D eigenvalue weighted by Crippen LogP contribution is -3.01. The molecule has 3 heteroatoms. The summed E-state index contributed by atoms with van der Waals surface area (Å²) in [6, 6.07) is 0. The normalized spacial score (nSPS) is 19.7. The van der Waals surface area contributed by atoms with Gasteiger partial charge in [-0.3, -0.25) is 4.90 Å². The number of hydrogen-bond donors (Lipinski definition) is 1. The number of unbranched alkanes of at least 4 members (excludes halogenated alkanes) is 1. The molecule has 0 spiro atoms. The number of nitrogens with zero attached hydrogens (tertiary/aromatic N) is 1. The maximum Gasteiger partial charge on any atom is 0.192 e. The van der Waals surface area contributed by atoms with Crippen molar-refractivity contribution < 1.29 is 4.90 Å². The largest absolute Gasteiger partial charge is 0.267 e. The molecule has 0 bridgehead atoms. The molecule has 1 aliphatic heterocycles. The molecule has 1 heterocycles. The third-order valence-electron chi connectivity index (χ3n) is 1.19. The van der Waals surface area contributed by atoms with Gasteiger partial charge in [-0.05, 0) is 6.42 Å². The van der Waals surface area contributed by atoms with Gasteiger partial charge in [-0.15, -0.1) is 11.6 Å². The average molecular weight is 176 g/mol. The van der Waals surface area contributed by atoms with Crippen molar-refractivity contribution in [3.8, 4) is 0 Å². The van der Waals surface area contributed by atoms with E-state index in [1.165, 1.54) is 11.3 Å². The molecule has 11 heavy (non-hydrogen) atoms. The second-order valence-electron chi connectivity index (χ2n) is 2.38. The SMILES string of the molecule is CCCCCl.C[NH+]1C=CN=C1. The third-order valence-corrected chi connectivity index (χ3v) is 1.46. The van der Waals surface area contributed by atoms with E-state index >= 15 is 0 Å². The fourth-order valence-corrected chi connectivity index (χ4v) is 0.765. The van der Waals surface area contributed by atoms with Gasteiger partial charge in [0.1, 0.15) is 6.20 Å². The summed E-state index contributed by atoms with van der Waals surface area (Å²) < 4.78 is 0. The minimum Gasteiger partial charge on any atom is -0.267 e. The number of nitrogens with one attached hydrogen (secondary N) is 1. The van der Waals surface area contributed by atoms with E-state index in [4.69, 9.17) is 11.6 Å². The van der Waals surface area contributed by atoms with Crippen molar-refractivity contribution in [3.63, 3.8) is 0 Å². The number of hydrogen-bond acceptors (Lipinski definition) is 1. The van der Waals surface area contributed by atoms with Crippen LogP contribution in [-0.4, -0.2) is 19.3 Å². The van der Waals surface area contributed by atoms with Gasteiger partial charge in [-0.2, -0.15) is 0 Å². The van der Waals surface area contributed by atoms with Gasteiger partial charge >= 0.3 is 0 Å². The molecule has 0 radical (unpaired) electrons. The van der Waals surface area contributed by atoms with Gasteiger partial charge in [-0.25, -0.2) is 4.99 Å². The molecular weight excluding hydrogens is 160 g/mol. The van der Waals surface area contributed by atoms with Gasteiger partial charge in [0.25, 0.3) is 0 Å². The summed E-state index contributed by atoms with van der Waals surface area (Å²) in [6.45, 7) is 2.13. The van der Waals surface area contributed by atoms with E-state index in [2.05, 4.69) is 11.9 Å². The molecule has 0 saturated heterocycles. The molecule has 0 amide bonds. The van der Waals surface area contributed by atoms with E-state index < -0.39 is 0 Å². The fraction of sp³-hybridized carbons (Fsp3) is 0.625. The Labute approximate surface area is 73.6 Å². The molecule has 0 aliphatic carbocycles. The predicted octanol–water partition coefficient (Wildman–Crippen LogP) is 1.04. The zero-order valence-corrected chi connectivity index (χ0v) is 7.93. The molecule has 0 aromatic heterocycles. The minimum atomic E-state index is 0.816. The van der Waals surface area contributed by atoms with Gasteiger partial charge in [0, 0.05) is 5.88 Å². The van der Waals surface area contributed by atoms with Gasteiger partial charge in [-0.1, -0.05) is 13.3 Å². The zero-order chi connectivity index (χ0) is 8.53. The zero-order valence-electron chi connectivity index (χ0n) is 7.18. The Kier molecular flexibility index (Phi) is 7.52. The quantitative estimate of drug-likeness (QED) is 0.605. The lowest BCUT2D eigenvalue weighted by Gasteiger charge is -1.87. The first-order chi connectivity index (χ1) is 5.31. The number of halogens is 1. The highest BCUT2D eigenvalue weighted by Gasteiger charge is 1.91. The number of rotatable bonds is 2. The summed E-state index contributed by atoms with van der Waals surface area (Å²) >= 11 is 5.30. The summed E-state index contributed by atoms with van der Waals surface area (Å²) in [7, 11) is 2.02. The summed E-state index contributed by atoms with van der Waals surface area (Å²) in [5, 5.41) is 0. The van der Waals surface area contributed by atoms with Crippen molar-refractivity contribution in [2.75, 3.05) is 12.9 Å². The Morgan fingerprint density at radius 2 is 2.27 bits per heavy atom. The topological polar surface area (TPSA) is 16.8 Å². The fourth-order valence-electron chi connectivity index (χ4n) is 0.498. The van der Waals surface area contributed by atoms with Crippen LogP contribution < -0.4 is 4.90 Å². The summed E-state index contributed by atoms with van der Waals surface area (Å²) in [5.74, 6) is 0.816. The second kappa shape index (κ2) is 7.76. The lowest BCUT2D eigenvalue weighted by atomic mass is 10.4. The van der Waals surface area contributed by atoms with Crippen molar-refractivity contribution >= 4 is 17.9 Å². The van der Waals surface area contributed by atoms with Crippen LogP contribution in [0.15, 0.2) is 17.4 Å². The van der Waals surface area contributed by atoms with E-state index in [0.717, 1.165) is 12.3 Å². The first-order valence-corrected chi connectivity index (χ1v) is 4.44. The van der Waals surface area contributed by atoms with Crippen LogP contribution in [0.1, 0.15) is 19.8 Å². The molecule has 2 nitrogen and oxygen atoms in total. The monoisotopic (exact) mass is 175 g/mol. The Balaban J connectivity index is 0.000000187. The third kappa shape index (κ3) is 7.56. The highest BCUT2D eigenvalue weighted by molar-refractivity contribution is 6.17. The molecule has 0 fully saturated rings. The Bertz CT molecular complexity index is 118. The maximum atomic E-state index is 5.30. The lowest BCUT2D eigenvalue weighted by molar-refractivity contribution is -0.709. The van der Waals surface area contributed by atoms with Gasteiger partial charge < -0.3 is 0 Å². The molecule has 1 N–H and O–H groups in total. The number of quaternary nitrogens is 1. The standard InChI is InChI=1S/C4H9Cl.C4H6N2/c1-2-3-4-5;1-6-3-2-5-4-6/h2-4H2,1H3;2-4H,1H3/p+1. The van der Waals surface area contributed by atoms with Crippen LogP contribution in [0.25, 0.3) is 0 Å². The van der Waals surface area contributed by atoms with Crippen LogP contribution in [0.4, 0.5) is 0 Å². The first-order valence-electron chi connectivity index (χ1n) is 3.90. The first kappa shape index (κ1) is 10.7. The van der Waals surface area contributed by atoms with Crippen LogP contribution in [-0.2, 0) is 0 Å². The summed E-state index contributed by atoms with van der Waals surface area (Å²) in [6.07, 6.45) is 7.96. The van der Waals surface area contributed by atoms with Crippen molar-refractivity contribution in [2.45, 2.75) is 19.8 Å². The number of aliphatic imine (C=N–C) groups is 1. The molecule has 1 unspecified atom stereocenters. The molecule has 0 aromatic carbocycles. The van der Waals surface area contributed by atoms with E-state index in [9.17, 15) is 0 Å². The molecular formula is C8H16ClN2+. The van der Waals surface area contributed by atoms with E-state index in [0.29, 0.717) is 0 Å². The van der Waals surface area contributed by atoms with Crippen LogP contribution in [0.2, 0.25) is 0 Å². The van der Waals surface area contributed by atoms with Crippen molar-refractivity contribution in [1.82, 2.24) is 0 Å². The van der Waals surface area contributed by atoms with E-state index in [1.54, 1.807) is 6.20 Å². The van der Waals surface area contributed by atoms with Gasteiger partial charge in [0.15, 0.2) is 6.34 Å². The highest BCUT2D eigenvalue weighted by atomic mass is 35.5. The average Bonchev–Trinajstić information content (AvgIpc) is 2.43. The molecule has 0 saturated carbocycles. The number of alkyl halides is 1. The van der Waals surface area contributed by atoms with Crippen molar-refractivity contribution in [2.24, 2.45) is 4.99 Å². The van der Waals surface area contributed by atoms with Crippen LogP contribution in [0, 0.1) is 0 Å². The molecule has 1 rings (SSSR count). The molecule has 0 aromatic rings. The van der Waals surface area contributed by atoms with Crippen LogP contribution >= 0.6 is 11.6 Å². The maximum absolute atomic E-state index is 5.30. The van der Waals surface area contributed by atoms with Gasteiger partial charge in [0.05, 0.1) is 13.2 Å². The molecule has 1 aliphatic rings. The van der Waals surface area contributed by atoms with Gasteiger partial charge in [0.2, 0.25) is 0 Å². The Morgan fingerprint density at radius 3 is 2.36 bits per heavy atom. The summed E-state index contributed by atoms with van der Waals surface area (Å²) in [4.78, 5) is 5.05. The Hall–Kier alpha value is -0.340. The molecule has 64 valence electrons. The predicted molar refractivity (Wildman–Crippen MR) is 50.1 cm³/mol. The van der Waals surface area contributed by atoms with E-state index in [-0.39, 0.29) is 0 Å². The summed E-state index contributed by atoms with van der Waals surface area (Å²) in [5.41, 5.74) is 0. The van der Waals surface area contributed by atoms with Crippen molar-refractivity contribution in [3.05, 3.63) is 12.4 Å². The molecule has 1 atom stereocenters. The Morgan fingerprint density at radius 1 is 1.55 bits per heavy atom. The van der Waals surface area contributed by atoms with Crippen LogP contribution in [0.5, 0.6) is 0 Å².